The maximum Gasteiger partial charge on any atom is 0.416 e. The number of H-pyrrole nitrogens is 1. The molecule has 2 aromatic carbocycles. The molecular formula is C18H11F3N2O. The van der Waals surface area contributed by atoms with Gasteiger partial charge >= 0.3 is 6.18 Å². The summed E-state index contributed by atoms with van der Waals surface area (Å²) in [5.41, 5.74) is 1.96. The number of carbonyl (C=O) groups is 1. The number of nitrogens with one attached hydrogen (secondary N) is 2. The van der Waals surface area contributed by atoms with Crippen LogP contribution in [0.4, 0.5) is 18.9 Å². The van der Waals surface area contributed by atoms with Crippen LogP contribution in [0.3, 0.4) is 0 Å². The average Bonchev–Trinajstić information content (AvgIpc) is 3.08. The van der Waals surface area contributed by atoms with Crippen molar-refractivity contribution in [3.05, 3.63) is 65.4 Å². The van der Waals surface area contributed by atoms with E-state index in [2.05, 4.69) is 10.3 Å². The van der Waals surface area contributed by atoms with Gasteiger partial charge in [0.05, 0.1) is 5.56 Å². The zero-order valence-electron chi connectivity index (χ0n) is 12.2. The van der Waals surface area contributed by atoms with Crippen LogP contribution in [0.15, 0.2) is 48.7 Å². The lowest BCUT2D eigenvalue weighted by Gasteiger charge is -2.08. The van der Waals surface area contributed by atoms with Crippen molar-refractivity contribution in [3.63, 3.8) is 0 Å². The second-order valence-electron chi connectivity index (χ2n) is 5.56. The lowest BCUT2D eigenvalue weighted by Crippen LogP contribution is -2.06. The van der Waals surface area contributed by atoms with Gasteiger partial charge in [0.1, 0.15) is 0 Å². The number of hydrogen-bond acceptors (Lipinski definition) is 1. The molecule has 3 aromatic rings. The lowest BCUT2D eigenvalue weighted by atomic mass is 10.0. The van der Waals surface area contributed by atoms with Crippen LogP contribution in [0.2, 0.25) is 0 Å². The van der Waals surface area contributed by atoms with Crippen molar-refractivity contribution in [1.82, 2.24) is 4.98 Å². The smallest absolute Gasteiger partial charge is 0.361 e. The Hall–Kier alpha value is -3.02. The maximum atomic E-state index is 12.8. The predicted octanol–water partition coefficient (Wildman–Crippen LogP) is 4.68. The number of rotatable bonds is 1. The Kier molecular flexibility index (Phi) is 3.03. The van der Waals surface area contributed by atoms with E-state index in [0.717, 1.165) is 28.6 Å². The van der Waals surface area contributed by atoms with Crippen LogP contribution in [0, 0.1) is 0 Å². The molecular weight excluding hydrogens is 317 g/mol. The molecule has 0 bridgehead atoms. The van der Waals surface area contributed by atoms with E-state index in [4.69, 9.17) is 0 Å². The van der Waals surface area contributed by atoms with Gasteiger partial charge in [-0.2, -0.15) is 13.2 Å². The first kappa shape index (κ1) is 14.6. The minimum atomic E-state index is -4.44. The van der Waals surface area contributed by atoms with Gasteiger partial charge in [-0.1, -0.05) is 24.3 Å². The van der Waals surface area contributed by atoms with Gasteiger partial charge in [0, 0.05) is 39.5 Å². The van der Waals surface area contributed by atoms with Crippen molar-refractivity contribution < 1.29 is 18.0 Å². The van der Waals surface area contributed by atoms with E-state index in [1.165, 1.54) is 6.07 Å². The van der Waals surface area contributed by atoms with Crippen LogP contribution in [0.1, 0.15) is 16.7 Å². The third kappa shape index (κ3) is 2.27. The van der Waals surface area contributed by atoms with Crippen molar-refractivity contribution in [3.8, 4) is 0 Å². The van der Waals surface area contributed by atoms with Crippen LogP contribution in [-0.2, 0) is 11.0 Å². The zero-order valence-corrected chi connectivity index (χ0v) is 12.2. The summed E-state index contributed by atoms with van der Waals surface area (Å²) in [6.45, 7) is 0. The maximum absolute atomic E-state index is 12.8. The van der Waals surface area contributed by atoms with Gasteiger partial charge < -0.3 is 10.3 Å². The van der Waals surface area contributed by atoms with Crippen molar-refractivity contribution in [2.45, 2.75) is 6.18 Å². The Morgan fingerprint density at radius 2 is 1.83 bits per heavy atom. The number of benzene rings is 2. The molecule has 0 saturated carbocycles. The molecule has 4 rings (SSSR count). The Morgan fingerprint density at radius 3 is 2.62 bits per heavy atom. The summed E-state index contributed by atoms with van der Waals surface area (Å²) >= 11 is 0. The molecule has 0 unspecified atom stereocenters. The molecule has 120 valence electrons. The fourth-order valence-corrected chi connectivity index (χ4v) is 2.88. The summed E-state index contributed by atoms with van der Waals surface area (Å²) in [7, 11) is 0. The first-order valence-electron chi connectivity index (χ1n) is 7.24. The monoisotopic (exact) mass is 328 g/mol. The summed E-state index contributed by atoms with van der Waals surface area (Å²) in [5.74, 6) is -0.408. The zero-order chi connectivity index (χ0) is 16.9. The normalized spacial score (nSPS) is 15.8. The summed E-state index contributed by atoms with van der Waals surface area (Å²) in [6.07, 6.45) is -0.983. The number of aromatic nitrogens is 1. The molecule has 1 aliphatic heterocycles. The largest absolute Gasteiger partial charge is 0.416 e. The molecule has 3 nitrogen and oxygen atoms in total. The second kappa shape index (κ2) is 4.99. The summed E-state index contributed by atoms with van der Waals surface area (Å²) in [4.78, 5) is 15.3. The van der Waals surface area contributed by atoms with Gasteiger partial charge in [-0.15, -0.1) is 0 Å². The van der Waals surface area contributed by atoms with Crippen molar-refractivity contribution in [2.24, 2.45) is 0 Å². The molecule has 1 amide bonds. The van der Waals surface area contributed by atoms with E-state index in [1.807, 2.05) is 24.3 Å². The predicted molar refractivity (Wildman–Crippen MR) is 86.2 cm³/mol. The number of fused-ring (bicyclic) bond motifs is 2. The molecule has 2 N–H and O–H groups in total. The average molecular weight is 328 g/mol. The van der Waals surface area contributed by atoms with E-state index in [9.17, 15) is 18.0 Å². The molecule has 24 heavy (non-hydrogen) atoms. The minimum absolute atomic E-state index is 0.181. The molecule has 0 spiro atoms. The topological polar surface area (TPSA) is 44.9 Å². The fourth-order valence-electron chi connectivity index (χ4n) is 2.88. The fraction of sp³-hybridized carbons (Fsp3) is 0.0556. The van der Waals surface area contributed by atoms with Gasteiger partial charge in [0.15, 0.2) is 0 Å². The molecule has 0 aliphatic carbocycles. The minimum Gasteiger partial charge on any atom is -0.361 e. The van der Waals surface area contributed by atoms with Gasteiger partial charge in [0.25, 0.3) is 5.91 Å². The highest BCUT2D eigenvalue weighted by Gasteiger charge is 2.33. The Labute approximate surface area is 134 Å². The highest BCUT2D eigenvalue weighted by Crippen LogP contribution is 2.38. The van der Waals surface area contributed by atoms with Crippen LogP contribution >= 0.6 is 0 Å². The van der Waals surface area contributed by atoms with E-state index in [-0.39, 0.29) is 5.69 Å². The number of hydrogen-bond donors (Lipinski definition) is 2. The van der Waals surface area contributed by atoms with Crippen LogP contribution < -0.4 is 5.32 Å². The van der Waals surface area contributed by atoms with Gasteiger partial charge in [-0.25, -0.2) is 0 Å². The van der Waals surface area contributed by atoms with E-state index in [1.54, 1.807) is 12.3 Å². The van der Waals surface area contributed by atoms with Gasteiger partial charge in [-0.05, 0) is 24.3 Å². The van der Waals surface area contributed by atoms with E-state index in [0.29, 0.717) is 11.1 Å². The van der Waals surface area contributed by atoms with Gasteiger partial charge in [-0.3, -0.25) is 4.79 Å². The number of anilines is 1. The molecule has 0 atom stereocenters. The highest BCUT2D eigenvalue weighted by molar-refractivity contribution is 6.35. The Morgan fingerprint density at radius 1 is 1.04 bits per heavy atom. The Balaban J connectivity index is 1.82. The SMILES string of the molecule is O=C1Nc2cc(C(F)(F)F)ccc2/C1=C\c1c[nH]c2ccccc12. The van der Waals surface area contributed by atoms with Crippen molar-refractivity contribution in [2.75, 3.05) is 5.32 Å². The molecule has 6 heteroatoms. The number of alkyl halides is 3. The molecule has 0 radical (unpaired) electrons. The van der Waals surface area contributed by atoms with Crippen molar-refractivity contribution in [1.29, 1.82) is 0 Å². The lowest BCUT2D eigenvalue weighted by molar-refractivity contribution is -0.137. The summed E-state index contributed by atoms with van der Waals surface area (Å²) < 4.78 is 38.4. The molecule has 0 saturated heterocycles. The van der Waals surface area contributed by atoms with Crippen molar-refractivity contribution >= 4 is 34.1 Å². The third-order valence-electron chi connectivity index (χ3n) is 4.05. The third-order valence-corrected chi connectivity index (χ3v) is 4.05. The number of para-hydroxylation sites is 1. The van der Waals surface area contributed by atoms with Crippen LogP contribution in [0.5, 0.6) is 0 Å². The molecule has 1 aliphatic rings. The van der Waals surface area contributed by atoms with Crippen LogP contribution in [0.25, 0.3) is 22.6 Å². The number of carbonyl (C=O) groups excluding carboxylic acids is 1. The quantitative estimate of drug-likeness (QED) is 0.626. The number of amides is 1. The standard InChI is InChI=1S/C18H11F3N2O/c19-18(20,21)11-5-6-13-14(17(24)23-16(13)8-11)7-10-9-22-15-4-2-1-3-12(10)15/h1-9,22H,(H,23,24)/b14-7+. The first-order chi connectivity index (χ1) is 11.4. The molecule has 0 fully saturated rings. The first-order valence-corrected chi connectivity index (χ1v) is 7.24. The van der Waals surface area contributed by atoms with Gasteiger partial charge in [0.2, 0.25) is 0 Å². The van der Waals surface area contributed by atoms with E-state index < -0.39 is 17.6 Å². The van der Waals surface area contributed by atoms with Crippen LogP contribution in [-0.4, -0.2) is 10.9 Å². The molecule has 2 heterocycles. The summed E-state index contributed by atoms with van der Waals surface area (Å²) in [6, 6.07) is 10.9. The Bertz CT molecular complexity index is 999. The highest BCUT2D eigenvalue weighted by atomic mass is 19.4. The summed E-state index contributed by atoms with van der Waals surface area (Å²) in [5, 5.41) is 3.45. The number of halogens is 3. The second-order valence-corrected chi connectivity index (χ2v) is 5.56. The molecule has 1 aromatic heterocycles. The van der Waals surface area contributed by atoms with E-state index >= 15 is 0 Å². The number of aromatic amines is 1.